The van der Waals surface area contributed by atoms with Crippen molar-refractivity contribution in [3.05, 3.63) is 36.2 Å². The minimum Gasteiger partial charge on any atom is -0.450 e. The summed E-state index contributed by atoms with van der Waals surface area (Å²) in [6.45, 7) is 4.75. The number of aromatic nitrogens is 3. The van der Waals surface area contributed by atoms with Gasteiger partial charge in [0.1, 0.15) is 0 Å². The molecule has 0 radical (unpaired) electrons. The smallest absolute Gasteiger partial charge is 0.413 e. The number of likely N-dealkylation sites (tertiary alicyclic amines) is 1. The number of rotatable bonds is 7. The second kappa shape index (κ2) is 10.2. The van der Waals surface area contributed by atoms with Gasteiger partial charge in [-0.25, -0.2) is 4.79 Å². The van der Waals surface area contributed by atoms with Crippen molar-refractivity contribution in [3.8, 4) is 5.69 Å². The van der Waals surface area contributed by atoms with E-state index in [0.29, 0.717) is 5.16 Å². The van der Waals surface area contributed by atoms with Crippen LogP contribution >= 0.6 is 11.8 Å². The van der Waals surface area contributed by atoms with Gasteiger partial charge >= 0.3 is 6.09 Å². The summed E-state index contributed by atoms with van der Waals surface area (Å²) in [5.41, 5.74) is 0.952. The van der Waals surface area contributed by atoms with Gasteiger partial charge in [0, 0.05) is 5.69 Å². The van der Waals surface area contributed by atoms with Crippen molar-refractivity contribution < 1.29 is 14.3 Å². The fraction of sp³-hybridized carbons (Fsp3) is 0.474. The lowest BCUT2D eigenvalue weighted by atomic mass is 10.1. The normalized spacial score (nSPS) is 14.6. The zero-order chi connectivity index (χ0) is 19.8. The first-order valence-corrected chi connectivity index (χ1v) is 10.5. The SMILES string of the molecule is CCOC(=O)NC(=O)CSc1nnc(CN2CCCCC2)n1-c1ccccc1. The Balaban J connectivity index is 1.73. The summed E-state index contributed by atoms with van der Waals surface area (Å²) < 4.78 is 6.71. The topological polar surface area (TPSA) is 89.3 Å². The number of thioether (sulfide) groups is 1. The Morgan fingerprint density at radius 3 is 2.61 bits per heavy atom. The second-order valence-electron chi connectivity index (χ2n) is 6.46. The van der Waals surface area contributed by atoms with Crippen molar-refractivity contribution in [2.75, 3.05) is 25.4 Å². The number of ether oxygens (including phenoxy) is 1. The number of amides is 2. The van der Waals surface area contributed by atoms with Gasteiger partial charge in [0.2, 0.25) is 5.91 Å². The van der Waals surface area contributed by atoms with Crippen molar-refractivity contribution in [2.45, 2.75) is 37.9 Å². The van der Waals surface area contributed by atoms with E-state index in [-0.39, 0.29) is 12.4 Å². The first-order chi connectivity index (χ1) is 13.7. The van der Waals surface area contributed by atoms with Crippen molar-refractivity contribution in [1.82, 2.24) is 25.0 Å². The minimum absolute atomic E-state index is 0.0491. The maximum Gasteiger partial charge on any atom is 0.413 e. The molecular formula is C19H25N5O3S. The van der Waals surface area contributed by atoms with Crippen LogP contribution in [0.25, 0.3) is 5.69 Å². The van der Waals surface area contributed by atoms with E-state index in [1.807, 2.05) is 34.9 Å². The van der Waals surface area contributed by atoms with Gasteiger partial charge in [-0.15, -0.1) is 10.2 Å². The van der Waals surface area contributed by atoms with E-state index in [1.165, 1.54) is 31.0 Å². The zero-order valence-electron chi connectivity index (χ0n) is 16.0. The molecule has 2 heterocycles. The molecule has 0 aliphatic carbocycles. The lowest BCUT2D eigenvalue weighted by molar-refractivity contribution is -0.117. The third kappa shape index (κ3) is 5.56. The van der Waals surface area contributed by atoms with Crippen molar-refractivity contribution in [2.24, 2.45) is 0 Å². The molecule has 150 valence electrons. The largest absolute Gasteiger partial charge is 0.450 e. The molecule has 1 aromatic heterocycles. The summed E-state index contributed by atoms with van der Waals surface area (Å²) >= 11 is 1.24. The van der Waals surface area contributed by atoms with Gasteiger partial charge in [-0.3, -0.25) is 19.6 Å². The lowest BCUT2D eigenvalue weighted by Gasteiger charge is -2.26. The number of carbonyl (C=O) groups excluding carboxylic acids is 2. The van der Waals surface area contributed by atoms with Gasteiger partial charge in [0.05, 0.1) is 18.9 Å². The standard InChI is InChI=1S/C19H25N5O3S/c1-2-27-19(26)20-17(25)14-28-18-22-21-16(13-23-11-7-4-8-12-23)24(18)15-9-5-3-6-10-15/h3,5-6,9-10H,2,4,7-8,11-14H2,1H3,(H,20,25,26). The summed E-state index contributed by atoms with van der Waals surface area (Å²) in [7, 11) is 0. The van der Waals surface area contributed by atoms with E-state index >= 15 is 0 Å². The van der Waals surface area contributed by atoms with E-state index in [4.69, 9.17) is 4.74 Å². The molecule has 28 heavy (non-hydrogen) atoms. The number of nitrogens with one attached hydrogen (secondary N) is 1. The monoisotopic (exact) mass is 403 g/mol. The molecule has 9 heteroatoms. The number of carbonyl (C=O) groups is 2. The Morgan fingerprint density at radius 2 is 1.89 bits per heavy atom. The molecule has 1 aromatic carbocycles. The molecule has 0 spiro atoms. The van der Waals surface area contributed by atoms with Crippen LogP contribution in [-0.4, -0.2) is 57.1 Å². The van der Waals surface area contributed by atoms with Gasteiger partial charge in [0.25, 0.3) is 0 Å². The average molecular weight is 404 g/mol. The number of alkyl carbamates (subject to hydrolysis) is 1. The molecule has 0 bridgehead atoms. The molecule has 0 saturated carbocycles. The van der Waals surface area contributed by atoms with Gasteiger partial charge in [-0.2, -0.15) is 0 Å². The molecule has 1 fully saturated rings. The molecule has 0 atom stereocenters. The Hall–Kier alpha value is -2.39. The van der Waals surface area contributed by atoms with Crippen LogP contribution in [0.1, 0.15) is 32.0 Å². The number of hydrogen-bond donors (Lipinski definition) is 1. The number of piperidine rings is 1. The predicted molar refractivity (Wildman–Crippen MR) is 106 cm³/mol. The van der Waals surface area contributed by atoms with Crippen molar-refractivity contribution in [1.29, 1.82) is 0 Å². The van der Waals surface area contributed by atoms with Crippen LogP contribution in [0, 0.1) is 0 Å². The van der Waals surface area contributed by atoms with Crippen LogP contribution in [0.2, 0.25) is 0 Å². The number of imide groups is 1. The van der Waals surface area contributed by atoms with E-state index in [1.54, 1.807) is 6.92 Å². The second-order valence-corrected chi connectivity index (χ2v) is 7.41. The number of benzene rings is 1. The molecular weight excluding hydrogens is 378 g/mol. The molecule has 2 amide bonds. The quantitative estimate of drug-likeness (QED) is 0.711. The summed E-state index contributed by atoms with van der Waals surface area (Å²) in [5, 5.41) is 11.5. The van der Waals surface area contributed by atoms with Crippen LogP contribution in [-0.2, 0) is 16.1 Å². The Morgan fingerprint density at radius 1 is 1.14 bits per heavy atom. The Bertz CT molecular complexity index is 790. The lowest BCUT2D eigenvalue weighted by Crippen LogP contribution is -2.32. The van der Waals surface area contributed by atoms with E-state index < -0.39 is 12.0 Å². The maximum absolute atomic E-state index is 12.0. The van der Waals surface area contributed by atoms with Crippen LogP contribution < -0.4 is 5.32 Å². The predicted octanol–water partition coefficient (Wildman–Crippen LogP) is 2.62. The summed E-state index contributed by atoms with van der Waals surface area (Å²) in [4.78, 5) is 25.7. The highest BCUT2D eigenvalue weighted by atomic mass is 32.2. The van der Waals surface area contributed by atoms with Gasteiger partial charge in [-0.1, -0.05) is 36.4 Å². The van der Waals surface area contributed by atoms with Crippen molar-refractivity contribution >= 4 is 23.8 Å². The van der Waals surface area contributed by atoms with Gasteiger partial charge in [0.15, 0.2) is 11.0 Å². The molecule has 0 unspecified atom stereocenters. The molecule has 1 aliphatic rings. The van der Waals surface area contributed by atoms with E-state index in [9.17, 15) is 9.59 Å². The summed E-state index contributed by atoms with van der Waals surface area (Å²) in [6, 6.07) is 9.86. The van der Waals surface area contributed by atoms with Gasteiger partial charge < -0.3 is 4.74 Å². The Labute approximate surface area is 168 Å². The van der Waals surface area contributed by atoms with Crippen LogP contribution in [0.3, 0.4) is 0 Å². The van der Waals surface area contributed by atoms with E-state index in [0.717, 1.165) is 31.1 Å². The van der Waals surface area contributed by atoms with E-state index in [2.05, 4.69) is 20.4 Å². The third-order valence-corrected chi connectivity index (χ3v) is 5.31. The Kier molecular flexibility index (Phi) is 7.44. The molecule has 8 nitrogen and oxygen atoms in total. The highest BCUT2D eigenvalue weighted by Crippen LogP contribution is 2.23. The zero-order valence-corrected chi connectivity index (χ0v) is 16.8. The fourth-order valence-corrected chi connectivity index (χ4v) is 3.87. The molecule has 1 N–H and O–H groups in total. The number of para-hydroxylation sites is 1. The molecule has 1 aliphatic heterocycles. The van der Waals surface area contributed by atoms with Crippen LogP contribution in [0.4, 0.5) is 4.79 Å². The third-order valence-electron chi connectivity index (χ3n) is 4.38. The average Bonchev–Trinajstić information content (AvgIpc) is 3.10. The number of hydrogen-bond acceptors (Lipinski definition) is 7. The summed E-state index contributed by atoms with van der Waals surface area (Å²) in [6.07, 6.45) is 2.95. The first-order valence-electron chi connectivity index (χ1n) is 9.49. The van der Waals surface area contributed by atoms with Crippen LogP contribution in [0.15, 0.2) is 35.5 Å². The highest BCUT2D eigenvalue weighted by molar-refractivity contribution is 7.99. The fourth-order valence-electron chi connectivity index (χ4n) is 3.10. The first kappa shape index (κ1) is 20.3. The number of nitrogens with zero attached hydrogens (tertiary/aromatic N) is 4. The molecule has 3 rings (SSSR count). The van der Waals surface area contributed by atoms with Crippen LogP contribution in [0.5, 0.6) is 0 Å². The molecule has 1 saturated heterocycles. The molecule has 2 aromatic rings. The van der Waals surface area contributed by atoms with Crippen molar-refractivity contribution in [3.63, 3.8) is 0 Å². The highest BCUT2D eigenvalue weighted by Gasteiger charge is 2.19. The summed E-state index contributed by atoms with van der Waals surface area (Å²) in [5.74, 6) is 0.470. The maximum atomic E-state index is 12.0. The minimum atomic E-state index is -0.733. The van der Waals surface area contributed by atoms with Gasteiger partial charge in [-0.05, 0) is 45.0 Å².